The second kappa shape index (κ2) is 9.50. The van der Waals surface area contributed by atoms with Crippen LogP contribution in [0.4, 0.5) is 0 Å². The van der Waals surface area contributed by atoms with Crippen LogP contribution in [-0.4, -0.2) is 77.9 Å². The van der Waals surface area contributed by atoms with E-state index in [0.717, 1.165) is 42.6 Å². The molecule has 5 nitrogen and oxygen atoms in total. The molecule has 6 heteroatoms. The zero-order valence-electron chi connectivity index (χ0n) is 18.3. The first-order chi connectivity index (χ1) is 14.5. The smallest absolute Gasteiger partial charge is 0.256 e. The Kier molecular flexibility index (Phi) is 6.76. The van der Waals surface area contributed by atoms with Crippen LogP contribution in [0.1, 0.15) is 34.3 Å². The van der Waals surface area contributed by atoms with E-state index in [4.69, 9.17) is 0 Å². The van der Waals surface area contributed by atoms with Crippen molar-refractivity contribution >= 4 is 17.7 Å². The number of benzene rings is 1. The number of rotatable bonds is 4. The van der Waals surface area contributed by atoms with Crippen LogP contribution in [0.25, 0.3) is 0 Å². The van der Waals surface area contributed by atoms with E-state index in [0.29, 0.717) is 11.6 Å². The molecule has 1 atom stereocenters. The van der Waals surface area contributed by atoms with Crippen molar-refractivity contribution in [2.75, 3.05) is 46.3 Å². The summed E-state index contributed by atoms with van der Waals surface area (Å²) < 4.78 is 0. The van der Waals surface area contributed by atoms with Gasteiger partial charge in [0.15, 0.2) is 0 Å². The van der Waals surface area contributed by atoms with E-state index in [9.17, 15) is 4.79 Å². The number of carbonyl (C=O) groups is 1. The lowest BCUT2D eigenvalue weighted by Crippen LogP contribution is -2.55. The van der Waals surface area contributed by atoms with Gasteiger partial charge in [-0.15, -0.1) is 0 Å². The van der Waals surface area contributed by atoms with E-state index in [1.54, 1.807) is 18.0 Å². The number of amides is 1. The normalized spacial score (nSPS) is 21.0. The Bertz CT molecular complexity index is 895. The van der Waals surface area contributed by atoms with E-state index in [1.807, 2.05) is 17.0 Å². The molecule has 1 aromatic carbocycles. The molecule has 1 aromatic heterocycles. The topological polar surface area (TPSA) is 39.7 Å². The van der Waals surface area contributed by atoms with Gasteiger partial charge in [0.2, 0.25) is 0 Å². The van der Waals surface area contributed by atoms with Gasteiger partial charge < -0.3 is 9.80 Å². The Labute approximate surface area is 184 Å². The Hall–Kier alpha value is -1.89. The summed E-state index contributed by atoms with van der Waals surface area (Å²) in [5.41, 5.74) is 3.18. The van der Waals surface area contributed by atoms with Gasteiger partial charge in [-0.2, -0.15) is 0 Å². The monoisotopic (exact) mass is 424 g/mol. The van der Waals surface area contributed by atoms with Crippen LogP contribution in [0.5, 0.6) is 0 Å². The average Bonchev–Trinajstić information content (AvgIpc) is 2.76. The maximum Gasteiger partial charge on any atom is 0.256 e. The van der Waals surface area contributed by atoms with E-state index in [2.05, 4.69) is 53.9 Å². The van der Waals surface area contributed by atoms with Crippen LogP contribution in [0.2, 0.25) is 0 Å². The summed E-state index contributed by atoms with van der Waals surface area (Å²) in [7, 11) is 2.21. The zero-order chi connectivity index (χ0) is 21.1. The predicted octanol–water partition coefficient (Wildman–Crippen LogP) is 3.70. The third kappa shape index (κ3) is 4.88. The molecule has 1 amide bonds. The SMILES string of the molecule is Cc1ccc(Sc2ncccc2C(=O)N2CCN(C3CCCN(C)C3)CC2)c(C)c1. The highest BCUT2D eigenvalue weighted by Crippen LogP contribution is 2.32. The number of piperazine rings is 1. The highest BCUT2D eigenvalue weighted by molar-refractivity contribution is 7.99. The van der Waals surface area contributed by atoms with Gasteiger partial charge in [-0.3, -0.25) is 9.69 Å². The predicted molar refractivity (Wildman–Crippen MR) is 122 cm³/mol. The van der Waals surface area contributed by atoms with Crippen molar-refractivity contribution < 1.29 is 4.79 Å². The second-order valence-corrected chi connectivity index (χ2v) is 9.64. The van der Waals surface area contributed by atoms with Crippen LogP contribution >= 0.6 is 11.8 Å². The van der Waals surface area contributed by atoms with Gasteiger partial charge in [0.1, 0.15) is 5.03 Å². The van der Waals surface area contributed by atoms with Crippen LogP contribution in [-0.2, 0) is 0 Å². The van der Waals surface area contributed by atoms with Gasteiger partial charge in [0.05, 0.1) is 5.56 Å². The molecule has 30 heavy (non-hydrogen) atoms. The summed E-state index contributed by atoms with van der Waals surface area (Å²) in [4.78, 5) is 26.0. The quantitative estimate of drug-likeness (QED) is 0.748. The molecule has 0 bridgehead atoms. The molecule has 2 aromatic rings. The Balaban J connectivity index is 1.43. The summed E-state index contributed by atoms with van der Waals surface area (Å²) in [5.74, 6) is 0.107. The summed E-state index contributed by atoms with van der Waals surface area (Å²) in [6.07, 6.45) is 4.33. The molecule has 2 saturated heterocycles. The van der Waals surface area contributed by atoms with Crippen molar-refractivity contribution in [3.05, 3.63) is 53.2 Å². The Morgan fingerprint density at radius 2 is 1.90 bits per heavy atom. The van der Waals surface area contributed by atoms with Gasteiger partial charge in [-0.05, 0) is 64.0 Å². The lowest BCUT2D eigenvalue weighted by molar-refractivity contribution is 0.0449. The number of nitrogens with zero attached hydrogens (tertiary/aromatic N) is 4. The molecule has 2 fully saturated rings. The first-order valence-corrected chi connectivity index (χ1v) is 11.7. The molecule has 0 N–H and O–H groups in total. The highest BCUT2D eigenvalue weighted by atomic mass is 32.2. The zero-order valence-corrected chi connectivity index (χ0v) is 19.1. The highest BCUT2D eigenvalue weighted by Gasteiger charge is 2.29. The first-order valence-electron chi connectivity index (χ1n) is 10.9. The number of pyridine rings is 1. The molecule has 3 heterocycles. The molecule has 2 aliphatic heterocycles. The standard InChI is InChI=1S/C24H32N4OS/c1-18-8-9-22(19(2)16-18)30-23-21(7-4-10-25-23)24(29)28-14-12-27(13-15-28)20-6-5-11-26(3)17-20/h4,7-10,16,20H,5-6,11-15,17H2,1-3H3. The summed E-state index contributed by atoms with van der Waals surface area (Å²) >= 11 is 1.59. The largest absolute Gasteiger partial charge is 0.336 e. The van der Waals surface area contributed by atoms with Gasteiger partial charge >= 0.3 is 0 Å². The van der Waals surface area contributed by atoms with Crippen molar-refractivity contribution in [2.45, 2.75) is 42.7 Å². The molecular formula is C24H32N4OS. The fourth-order valence-corrected chi connectivity index (χ4v) is 5.49. The number of likely N-dealkylation sites (tertiary alicyclic amines) is 1. The number of aryl methyl sites for hydroxylation is 2. The van der Waals surface area contributed by atoms with Crippen molar-refractivity contribution in [1.82, 2.24) is 19.7 Å². The third-order valence-corrected chi connectivity index (χ3v) is 7.45. The van der Waals surface area contributed by atoms with E-state index in [1.165, 1.54) is 30.5 Å². The minimum atomic E-state index is 0.107. The van der Waals surface area contributed by atoms with Crippen LogP contribution in [0.15, 0.2) is 46.5 Å². The number of hydrogen-bond donors (Lipinski definition) is 0. The van der Waals surface area contributed by atoms with E-state index >= 15 is 0 Å². The third-order valence-electron chi connectivity index (χ3n) is 6.26. The molecule has 0 spiro atoms. The minimum absolute atomic E-state index is 0.107. The molecule has 4 rings (SSSR count). The van der Waals surface area contributed by atoms with Crippen molar-refractivity contribution in [3.63, 3.8) is 0 Å². The maximum atomic E-state index is 13.3. The van der Waals surface area contributed by atoms with Crippen molar-refractivity contribution in [2.24, 2.45) is 0 Å². The second-order valence-electron chi connectivity index (χ2n) is 8.61. The van der Waals surface area contributed by atoms with Gasteiger partial charge in [-0.1, -0.05) is 29.5 Å². The Morgan fingerprint density at radius 1 is 1.10 bits per heavy atom. The first kappa shape index (κ1) is 21.3. The fourth-order valence-electron chi connectivity index (χ4n) is 4.55. The number of piperidine rings is 1. The fraction of sp³-hybridized carbons (Fsp3) is 0.500. The number of hydrogen-bond acceptors (Lipinski definition) is 5. The van der Waals surface area contributed by atoms with Gasteiger partial charge in [-0.25, -0.2) is 4.98 Å². The van der Waals surface area contributed by atoms with Crippen LogP contribution in [0.3, 0.4) is 0 Å². The van der Waals surface area contributed by atoms with Crippen molar-refractivity contribution in [3.8, 4) is 0 Å². The van der Waals surface area contributed by atoms with E-state index < -0.39 is 0 Å². The lowest BCUT2D eigenvalue weighted by atomic mass is 10.0. The van der Waals surface area contributed by atoms with Gasteiger partial charge in [0.25, 0.3) is 5.91 Å². The van der Waals surface area contributed by atoms with Gasteiger partial charge in [0, 0.05) is 49.9 Å². The molecule has 2 aliphatic rings. The number of likely N-dealkylation sites (N-methyl/N-ethyl adjacent to an activating group) is 1. The molecule has 0 radical (unpaired) electrons. The molecular weight excluding hydrogens is 392 g/mol. The molecule has 160 valence electrons. The molecule has 0 saturated carbocycles. The maximum absolute atomic E-state index is 13.3. The Morgan fingerprint density at radius 3 is 2.63 bits per heavy atom. The van der Waals surface area contributed by atoms with Crippen LogP contribution < -0.4 is 0 Å². The number of aromatic nitrogens is 1. The lowest BCUT2D eigenvalue weighted by Gasteiger charge is -2.42. The van der Waals surface area contributed by atoms with Crippen molar-refractivity contribution in [1.29, 1.82) is 0 Å². The number of carbonyl (C=O) groups excluding carboxylic acids is 1. The minimum Gasteiger partial charge on any atom is -0.336 e. The summed E-state index contributed by atoms with van der Waals surface area (Å²) in [6.45, 7) is 10.1. The summed E-state index contributed by atoms with van der Waals surface area (Å²) in [5, 5.41) is 0.797. The average molecular weight is 425 g/mol. The molecule has 1 unspecified atom stereocenters. The summed E-state index contributed by atoms with van der Waals surface area (Å²) in [6, 6.07) is 10.8. The van der Waals surface area contributed by atoms with E-state index in [-0.39, 0.29) is 5.91 Å². The molecule has 0 aliphatic carbocycles. The van der Waals surface area contributed by atoms with Crippen LogP contribution in [0, 0.1) is 13.8 Å².